The second-order valence-electron chi connectivity index (χ2n) is 6.52. The molecule has 2 aromatic rings. The molecule has 0 spiro atoms. The third-order valence-corrected chi connectivity index (χ3v) is 5.71. The Kier molecular flexibility index (Phi) is 5.26. The van der Waals surface area contributed by atoms with Crippen LogP contribution in [0.25, 0.3) is 0 Å². The number of imidazole rings is 1. The summed E-state index contributed by atoms with van der Waals surface area (Å²) in [4.78, 5) is 3.61. The number of hydrogen-bond donors (Lipinski definition) is 1. The van der Waals surface area contributed by atoms with Crippen LogP contribution in [0.15, 0.2) is 30.5 Å². The van der Waals surface area contributed by atoms with E-state index >= 15 is 0 Å². The maximum absolute atomic E-state index is 12.7. The van der Waals surface area contributed by atoms with Crippen molar-refractivity contribution in [3.63, 3.8) is 0 Å². The monoisotopic (exact) mass is 398 g/mol. The van der Waals surface area contributed by atoms with Gasteiger partial charge in [0, 0.05) is 25.7 Å². The van der Waals surface area contributed by atoms with Gasteiger partial charge in [0.15, 0.2) is 5.69 Å². The molecule has 0 aliphatic carbocycles. The van der Waals surface area contributed by atoms with Crippen LogP contribution in [-0.4, -0.2) is 24.5 Å². The highest BCUT2D eigenvalue weighted by molar-refractivity contribution is 7.88. The molecule has 27 heavy (non-hydrogen) atoms. The number of sulfonamides is 1. The van der Waals surface area contributed by atoms with Crippen LogP contribution in [0.5, 0.6) is 0 Å². The second-order valence-corrected chi connectivity index (χ2v) is 8.32. The SMILES string of the molecule is N#Cc1cccc(CS(=O)(=O)NCC2CCc3nc(C(F)(F)F)cn3C2)c1. The summed E-state index contributed by atoms with van der Waals surface area (Å²) < 4.78 is 66.7. The molecule has 0 saturated carbocycles. The van der Waals surface area contributed by atoms with E-state index in [0.29, 0.717) is 29.8 Å². The van der Waals surface area contributed by atoms with Gasteiger partial charge in [-0.2, -0.15) is 18.4 Å². The van der Waals surface area contributed by atoms with Crippen molar-refractivity contribution in [2.75, 3.05) is 6.54 Å². The third kappa shape index (κ3) is 4.87. The third-order valence-electron chi connectivity index (χ3n) is 4.39. The van der Waals surface area contributed by atoms with Gasteiger partial charge in [-0.3, -0.25) is 0 Å². The summed E-state index contributed by atoms with van der Waals surface area (Å²) in [6.07, 6.45) is -2.59. The van der Waals surface area contributed by atoms with Crippen molar-refractivity contribution in [3.05, 3.63) is 53.1 Å². The van der Waals surface area contributed by atoms with Gasteiger partial charge in [0.1, 0.15) is 5.82 Å². The lowest BCUT2D eigenvalue weighted by molar-refractivity contribution is -0.141. The molecule has 1 aliphatic rings. The Hall–Kier alpha value is -2.38. The van der Waals surface area contributed by atoms with Gasteiger partial charge in [-0.25, -0.2) is 18.1 Å². The smallest absolute Gasteiger partial charge is 0.334 e. The maximum Gasteiger partial charge on any atom is 0.434 e. The molecule has 1 aromatic carbocycles. The summed E-state index contributed by atoms with van der Waals surface area (Å²) in [6, 6.07) is 8.29. The van der Waals surface area contributed by atoms with E-state index in [1.165, 1.54) is 10.6 Å². The topological polar surface area (TPSA) is 87.8 Å². The lowest BCUT2D eigenvalue weighted by Crippen LogP contribution is -2.34. The van der Waals surface area contributed by atoms with E-state index in [9.17, 15) is 21.6 Å². The molecule has 144 valence electrons. The minimum absolute atomic E-state index is 0.118. The predicted molar refractivity (Wildman–Crippen MR) is 90.8 cm³/mol. The molecule has 0 amide bonds. The number of nitrogens with one attached hydrogen (secondary N) is 1. The average molecular weight is 398 g/mol. The van der Waals surface area contributed by atoms with Crippen LogP contribution in [0.3, 0.4) is 0 Å². The van der Waals surface area contributed by atoms with Crippen LogP contribution in [0.2, 0.25) is 0 Å². The molecule has 10 heteroatoms. The molecule has 0 radical (unpaired) electrons. The molecule has 1 aliphatic heterocycles. The highest BCUT2D eigenvalue weighted by Gasteiger charge is 2.35. The number of hydrogen-bond acceptors (Lipinski definition) is 4. The summed E-state index contributed by atoms with van der Waals surface area (Å²) >= 11 is 0. The van der Waals surface area contributed by atoms with Gasteiger partial charge in [0.25, 0.3) is 0 Å². The molecule has 1 aromatic heterocycles. The quantitative estimate of drug-likeness (QED) is 0.838. The Bertz CT molecular complexity index is 977. The number of alkyl halides is 3. The Morgan fingerprint density at radius 1 is 1.37 bits per heavy atom. The van der Waals surface area contributed by atoms with E-state index in [0.717, 1.165) is 6.20 Å². The number of halogens is 3. The zero-order valence-corrected chi connectivity index (χ0v) is 15.0. The fraction of sp³-hybridized carbons (Fsp3) is 0.412. The second kappa shape index (κ2) is 7.32. The largest absolute Gasteiger partial charge is 0.434 e. The minimum Gasteiger partial charge on any atom is -0.334 e. The first-order valence-electron chi connectivity index (χ1n) is 8.26. The van der Waals surface area contributed by atoms with Crippen LogP contribution in [0.1, 0.15) is 29.1 Å². The summed E-state index contributed by atoms with van der Waals surface area (Å²) in [6.45, 7) is 0.421. The molecular formula is C17H17F3N4O2S. The van der Waals surface area contributed by atoms with Crippen LogP contribution in [-0.2, 0) is 34.9 Å². The number of benzene rings is 1. The number of fused-ring (bicyclic) bond motifs is 1. The van der Waals surface area contributed by atoms with E-state index in [-0.39, 0.29) is 24.8 Å². The maximum atomic E-state index is 12.7. The Morgan fingerprint density at radius 2 is 2.15 bits per heavy atom. The van der Waals surface area contributed by atoms with Crippen molar-refractivity contribution < 1.29 is 21.6 Å². The number of nitrogens with zero attached hydrogens (tertiary/aromatic N) is 3. The predicted octanol–water partition coefficient (Wildman–Crippen LogP) is 2.46. The van der Waals surface area contributed by atoms with E-state index < -0.39 is 21.9 Å². The summed E-state index contributed by atoms with van der Waals surface area (Å²) in [5.41, 5.74) is -0.0453. The molecule has 1 unspecified atom stereocenters. The molecule has 0 fully saturated rings. The first-order chi connectivity index (χ1) is 12.7. The van der Waals surface area contributed by atoms with Crippen LogP contribution >= 0.6 is 0 Å². The van der Waals surface area contributed by atoms with Crippen LogP contribution in [0, 0.1) is 17.2 Å². The van der Waals surface area contributed by atoms with Crippen molar-refractivity contribution >= 4 is 10.0 Å². The van der Waals surface area contributed by atoms with Gasteiger partial charge in [-0.05, 0) is 30.0 Å². The van der Waals surface area contributed by atoms with E-state index in [2.05, 4.69) is 9.71 Å². The van der Waals surface area contributed by atoms with E-state index in [1.807, 2.05) is 6.07 Å². The van der Waals surface area contributed by atoms with Crippen molar-refractivity contribution in [2.24, 2.45) is 5.92 Å². The molecule has 6 nitrogen and oxygen atoms in total. The van der Waals surface area contributed by atoms with Crippen molar-refractivity contribution in [1.29, 1.82) is 5.26 Å². The molecule has 1 N–H and O–H groups in total. The van der Waals surface area contributed by atoms with Gasteiger partial charge in [-0.15, -0.1) is 0 Å². The fourth-order valence-corrected chi connectivity index (χ4v) is 4.27. The van der Waals surface area contributed by atoms with Gasteiger partial charge in [0.2, 0.25) is 10.0 Å². The Balaban J connectivity index is 1.60. The summed E-state index contributed by atoms with van der Waals surface area (Å²) in [5, 5.41) is 8.87. The van der Waals surface area contributed by atoms with Crippen molar-refractivity contribution in [2.45, 2.75) is 31.3 Å². The molecule has 0 bridgehead atoms. The lowest BCUT2D eigenvalue weighted by Gasteiger charge is -2.23. The standard InChI is InChI=1S/C17H17F3N4O2S/c18-17(19,20)15-10-24-9-14(4-5-16(24)23-15)8-22-27(25,26)11-13-3-1-2-12(6-13)7-21/h1-3,6,10,14,22H,4-5,8-9,11H2. The van der Waals surface area contributed by atoms with Crippen molar-refractivity contribution in [3.8, 4) is 6.07 Å². The van der Waals surface area contributed by atoms with E-state index in [1.54, 1.807) is 18.2 Å². The zero-order chi connectivity index (χ0) is 19.7. The van der Waals surface area contributed by atoms with Gasteiger partial charge < -0.3 is 4.57 Å². The number of aromatic nitrogens is 2. The number of nitriles is 1. The van der Waals surface area contributed by atoms with E-state index in [4.69, 9.17) is 5.26 Å². The average Bonchev–Trinajstić information content (AvgIpc) is 3.03. The normalized spacial score (nSPS) is 17.3. The lowest BCUT2D eigenvalue weighted by atomic mass is 10.00. The Labute approximate surface area is 154 Å². The molecule has 2 heterocycles. The number of aryl methyl sites for hydroxylation is 1. The Morgan fingerprint density at radius 3 is 2.85 bits per heavy atom. The van der Waals surface area contributed by atoms with Crippen LogP contribution < -0.4 is 4.72 Å². The molecule has 1 atom stereocenters. The van der Waals surface area contributed by atoms with Gasteiger partial charge in [0.05, 0.1) is 17.4 Å². The van der Waals surface area contributed by atoms with Gasteiger partial charge in [-0.1, -0.05) is 12.1 Å². The zero-order valence-electron chi connectivity index (χ0n) is 14.2. The molecular weight excluding hydrogens is 381 g/mol. The summed E-state index contributed by atoms with van der Waals surface area (Å²) in [7, 11) is -3.62. The highest BCUT2D eigenvalue weighted by Crippen LogP contribution is 2.30. The first kappa shape index (κ1) is 19.4. The number of rotatable bonds is 5. The van der Waals surface area contributed by atoms with Crippen molar-refractivity contribution in [1.82, 2.24) is 14.3 Å². The minimum atomic E-state index is -4.49. The van der Waals surface area contributed by atoms with Gasteiger partial charge >= 0.3 is 6.18 Å². The fourth-order valence-electron chi connectivity index (χ4n) is 3.06. The molecule has 3 rings (SSSR count). The highest BCUT2D eigenvalue weighted by atomic mass is 32.2. The first-order valence-corrected chi connectivity index (χ1v) is 9.91. The van der Waals surface area contributed by atoms with Crippen LogP contribution in [0.4, 0.5) is 13.2 Å². The molecule has 0 saturated heterocycles. The summed E-state index contributed by atoms with van der Waals surface area (Å²) in [5.74, 6) is -0.00758.